The molecule has 4 aromatic rings. The quantitative estimate of drug-likeness (QED) is 0.324. The smallest absolute Gasteiger partial charge is 0.122 e. The number of rotatable bonds is 9. The SMILES string of the molecule is COc1ccccc1CCNCc1nn(Cc2c(Cl)cccc2Cl)nc1-c1ccccc1. The van der Waals surface area contributed by atoms with E-state index in [2.05, 4.69) is 11.4 Å². The Morgan fingerprint density at radius 2 is 1.59 bits per heavy atom. The molecule has 7 heteroatoms. The van der Waals surface area contributed by atoms with Crippen molar-refractivity contribution in [3.63, 3.8) is 0 Å². The van der Waals surface area contributed by atoms with Gasteiger partial charge in [-0.1, -0.05) is 77.8 Å². The maximum atomic E-state index is 6.35. The van der Waals surface area contributed by atoms with Crippen LogP contribution in [0.25, 0.3) is 11.3 Å². The highest BCUT2D eigenvalue weighted by atomic mass is 35.5. The van der Waals surface area contributed by atoms with Crippen LogP contribution in [0.4, 0.5) is 0 Å². The van der Waals surface area contributed by atoms with Crippen LogP contribution < -0.4 is 10.1 Å². The molecule has 1 N–H and O–H groups in total. The van der Waals surface area contributed by atoms with Crippen LogP contribution in [-0.2, 0) is 19.5 Å². The lowest BCUT2D eigenvalue weighted by atomic mass is 10.1. The standard InChI is InChI=1S/C25H24Cl2N4O/c1-32-24-13-6-5-8-18(24)14-15-28-16-23-25(19-9-3-2-4-10-19)30-31(29-23)17-20-21(26)11-7-12-22(20)27/h2-13,28H,14-17H2,1H3. The third-order valence-corrected chi connectivity index (χ3v) is 5.90. The Morgan fingerprint density at radius 3 is 2.34 bits per heavy atom. The Bertz CT molecular complexity index is 1160. The van der Waals surface area contributed by atoms with Crippen LogP contribution in [0.15, 0.2) is 72.8 Å². The molecule has 3 aromatic carbocycles. The summed E-state index contributed by atoms with van der Waals surface area (Å²) in [6.07, 6.45) is 0.855. The van der Waals surface area contributed by atoms with Crippen molar-refractivity contribution in [2.45, 2.75) is 19.5 Å². The van der Waals surface area contributed by atoms with Gasteiger partial charge in [-0.3, -0.25) is 0 Å². The highest BCUT2D eigenvalue weighted by Crippen LogP contribution is 2.26. The van der Waals surface area contributed by atoms with Gasteiger partial charge in [0.05, 0.1) is 13.7 Å². The first-order chi connectivity index (χ1) is 15.7. The van der Waals surface area contributed by atoms with Gasteiger partial charge in [-0.15, -0.1) is 0 Å². The molecule has 5 nitrogen and oxygen atoms in total. The maximum absolute atomic E-state index is 6.35. The summed E-state index contributed by atoms with van der Waals surface area (Å²) in [5.41, 5.74) is 4.72. The molecule has 164 valence electrons. The lowest BCUT2D eigenvalue weighted by Crippen LogP contribution is -2.18. The van der Waals surface area contributed by atoms with Crippen molar-refractivity contribution in [2.24, 2.45) is 0 Å². The molecule has 0 aliphatic heterocycles. The fourth-order valence-corrected chi connectivity index (χ4v) is 4.07. The molecule has 0 saturated heterocycles. The zero-order valence-corrected chi connectivity index (χ0v) is 19.3. The van der Waals surface area contributed by atoms with E-state index in [0.29, 0.717) is 23.1 Å². The summed E-state index contributed by atoms with van der Waals surface area (Å²) in [5.74, 6) is 0.904. The van der Waals surface area contributed by atoms with Crippen LogP contribution in [0.1, 0.15) is 16.8 Å². The number of hydrogen-bond acceptors (Lipinski definition) is 4. The van der Waals surface area contributed by atoms with Crippen molar-refractivity contribution in [1.82, 2.24) is 20.3 Å². The highest BCUT2D eigenvalue weighted by molar-refractivity contribution is 6.35. The molecule has 0 saturated carbocycles. The Hall–Kier alpha value is -2.86. The van der Waals surface area contributed by atoms with Gasteiger partial charge in [0.15, 0.2) is 0 Å². The van der Waals surface area contributed by atoms with Gasteiger partial charge in [0.1, 0.15) is 17.1 Å². The van der Waals surface area contributed by atoms with E-state index in [1.165, 1.54) is 5.56 Å². The second-order valence-electron chi connectivity index (χ2n) is 7.33. The number of para-hydroxylation sites is 1. The van der Waals surface area contributed by atoms with E-state index in [1.807, 2.05) is 66.7 Å². The first-order valence-corrected chi connectivity index (χ1v) is 11.2. The number of hydrogen-bond donors (Lipinski definition) is 1. The molecule has 0 atom stereocenters. The average Bonchev–Trinajstić information content (AvgIpc) is 3.23. The zero-order valence-electron chi connectivity index (χ0n) is 17.8. The molecule has 32 heavy (non-hydrogen) atoms. The second kappa shape index (κ2) is 10.6. The summed E-state index contributed by atoms with van der Waals surface area (Å²) in [7, 11) is 1.70. The maximum Gasteiger partial charge on any atom is 0.122 e. The van der Waals surface area contributed by atoms with Gasteiger partial charge in [-0.25, -0.2) is 0 Å². The molecule has 0 amide bonds. The molecule has 0 unspecified atom stereocenters. The van der Waals surface area contributed by atoms with E-state index in [-0.39, 0.29) is 0 Å². The number of aromatic nitrogens is 3. The van der Waals surface area contributed by atoms with Crippen LogP contribution in [0.2, 0.25) is 10.0 Å². The summed E-state index contributed by atoms with van der Waals surface area (Å²) in [5, 5.41) is 14.2. The molecule has 0 radical (unpaired) electrons. The fraction of sp³-hybridized carbons (Fsp3) is 0.200. The normalized spacial score (nSPS) is 11.0. The molecule has 0 spiro atoms. The molecule has 0 aliphatic carbocycles. The van der Waals surface area contributed by atoms with Crippen molar-refractivity contribution in [1.29, 1.82) is 0 Å². The first-order valence-electron chi connectivity index (χ1n) is 10.4. The summed E-state index contributed by atoms with van der Waals surface area (Å²) >= 11 is 12.7. The van der Waals surface area contributed by atoms with Gasteiger partial charge in [0, 0.05) is 27.7 Å². The zero-order chi connectivity index (χ0) is 22.3. The highest BCUT2D eigenvalue weighted by Gasteiger charge is 2.15. The monoisotopic (exact) mass is 466 g/mol. The third kappa shape index (κ3) is 5.30. The Kier molecular flexibility index (Phi) is 7.43. The summed E-state index contributed by atoms with van der Waals surface area (Å²) < 4.78 is 5.44. The third-order valence-electron chi connectivity index (χ3n) is 5.19. The Balaban J connectivity index is 1.51. The van der Waals surface area contributed by atoms with Gasteiger partial charge >= 0.3 is 0 Å². The predicted octanol–water partition coefficient (Wildman–Crippen LogP) is 5.64. The molecular formula is C25H24Cl2N4O. The number of ether oxygens (including phenoxy) is 1. The Morgan fingerprint density at radius 1 is 0.875 bits per heavy atom. The van der Waals surface area contributed by atoms with E-state index in [0.717, 1.165) is 41.2 Å². The van der Waals surface area contributed by atoms with Crippen LogP contribution in [0.3, 0.4) is 0 Å². The summed E-state index contributed by atoms with van der Waals surface area (Å²) in [6.45, 7) is 1.78. The largest absolute Gasteiger partial charge is 0.496 e. The molecule has 0 bridgehead atoms. The van der Waals surface area contributed by atoms with Crippen molar-refractivity contribution in [2.75, 3.05) is 13.7 Å². The van der Waals surface area contributed by atoms with Crippen molar-refractivity contribution in [3.8, 4) is 17.0 Å². The van der Waals surface area contributed by atoms with Crippen LogP contribution >= 0.6 is 23.2 Å². The van der Waals surface area contributed by atoms with Crippen molar-refractivity contribution < 1.29 is 4.74 Å². The average molecular weight is 467 g/mol. The lowest BCUT2D eigenvalue weighted by Gasteiger charge is -2.08. The van der Waals surface area contributed by atoms with Gasteiger partial charge in [0.25, 0.3) is 0 Å². The van der Waals surface area contributed by atoms with E-state index >= 15 is 0 Å². The van der Waals surface area contributed by atoms with E-state index in [4.69, 9.17) is 38.1 Å². The fourth-order valence-electron chi connectivity index (χ4n) is 3.56. The Labute approximate surface area is 197 Å². The molecule has 1 aromatic heterocycles. The molecule has 1 heterocycles. The summed E-state index contributed by atoms with van der Waals surface area (Å²) in [6, 6.07) is 23.6. The minimum atomic E-state index is 0.402. The van der Waals surface area contributed by atoms with Gasteiger partial charge in [-0.05, 0) is 36.7 Å². The molecule has 0 fully saturated rings. The summed E-state index contributed by atoms with van der Waals surface area (Å²) in [4.78, 5) is 1.66. The number of nitrogens with zero attached hydrogens (tertiary/aromatic N) is 3. The van der Waals surface area contributed by atoms with Crippen LogP contribution in [0.5, 0.6) is 5.75 Å². The van der Waals surface area contributed by atoms with Crippen LogP contribution in [0, 0.1) is 0 Å². The topological polar surface area (TPSA) is 52.0 Å². The number of methoxy groups -OCH3 is 1. The number of halogens is 2. The van der Waals surface area contributed by atoms with Gasteiger partial charge in [-0.2, -0.15) is 15.0 Å². The number of benzene rings is 3. The van der Waals surface area contributed by atoms with Crippen LogP contribution in [-0.4, -0.2) is 28.6 Å². The van der Waals surface area contributed by atoms with E-state index in [9.17, 15) is 0 Å². The lowest BCUT2D eigenvalue weighted by molar-refractivity contribution is 0.409. The van der Waals surface area contributed by atoms with E-state index < -0.39 is 0 Å². The minimum absolute atomic E-state index is 0.402. The molecule has 4 rings (SSSR count). The second-order valence-corrected chi connectivity index (χ2v) is 8.14. The van der Waals surface area contributed by atoms with Gasteiger partial charge in [0.2, 0.25) is 0 Å². The van der Waals surface area contributed by atoms with Gasteiger partial charge < -0.3 is 10.1 Å². The molecule has 0 aliphatic rings. The molecular weight excluding hydrogens is 443 g/mol. The first kappa shape index (κ1) is 22.3. The van der Waals surface area contributed by atoms with Crippen molar-refractivity contribution >= 4 is 23.2 Å². The predicted molar refractivity (Wildman–Crippen MR) is 129 cm³/mol. The van der Waals surface area contributed by atoms with Crippen molar-refractivity contribution in [3.05, 3.63) is 99.7 Å². The minimum Gasteiger partial charge on any atom is -0.496 e. The number of nitrogens with one attached hydrogen (secondary N) is 1. The van der Waals surface area contributed by atoms with E-state index in [1.54, 1.807) is 11.9 Å².